The first-order chi connectivity index (χ1) is 11.7. The summed E-state index contributed by atoms with van der Waals surface area (Å²) in [7, 11) is 1.77. The molecule has 0 saturated carbocycles. The van der Waals surface area contributed by atoms with E-state index in [1.165, 1.54) is 0 Å². The van der Waals surface area contributed by atoms with Gasteiger partial charge in [-0.3, -0.25) is 4.98 Å². The van der Waals surface area contributed by atoms with Crippen LogP contribution in [0.2, 0.25) is 10.0 Å². The van der Waals surface area contributed by atoms with Gasteiger partial charge in [0.05, 0.1) is 6.20 Å². The standard InChI is InChI=1S/C17H14Cl2N4O/c1-20-17-22-7-13(8-23-17)12-4-15(9-21-6-12)24-10-11-2-3-14(18)5-16(11)19/h2-9H,10H2,1H3,(H,20,22,23). The van der Waals surface area contributed by atoms with Crippen LogP contribution in [0, 0.1) is 0 Å². The fourth-order valence-electron chi connectivity index (χ4n) is 2.06. The SMILES string of the molecule is CNc1ncc(-c2cncc(OCc3ccc(Cl)cc3Cl)c2)cn1. The summed E-state index contributed by atoms with van der Waals surface area (Å²) >= 11 is 12.0. The Morgan fingerprint density at radius 1 is 1.00 bits per heavy atom. The van der Waals surface area contributed by atoms with E-state index in [9.17, 15) is 0 Å². The van der Waals surface area contributed by atoms with Gasteiger partial charge in [0.25, 0.3) is 0 Å². The molecule has 7 heteroatoms. The second-order valence-electron chi connectivity index (χ2n) is 4.98. The number of hydrogen-bond donors (Lipinski definition) is 1. The Balaban J connectivity index is 1.75. The van der Waals surface area contributed by atoms with E-state index in [2.05, 4.69) is 20.3 Å². The van der Waals surface area contributed by atoms with Crippen molar-refractivity contribution in [3.05, 3.63) is 64.7 Å². The van der Waals surface area contributed by atoms with Gasteiger partial charge in [0.15, 0.2) is 0 Å². The van der Waals surface area contributed by atoms with Crippen molar-refractivity contribution in [1.29, 1.82) is 0 Å². The summed E-state index contributed by atoms with van der Waals surface area (Å²) in [5.74, 6) is 1.20. The zero-order chi connectivity index (χ0) is 16.9. The molecule has 0 bridgehead atoms. The molecule has 0 atom stereocenters. The Labute approximate surface area is 149 Å². The van der Waals surface area contributed by atoms with E-state index in [0.717, 1.165) is 16.7 Å². The van der Waals surface area contributed by atoms with Gasteiger partial charge in [-0.2, -0.15) is 0 Å². The smallest absolute Gasteiger partial charge is 0.222 e. The molecule has 3 rings (SSSR count). The Morgan fingerprint density at radius 3 is 2.50 bits per heavy atom. The van der Waals surface area contributed by atoms with Crippen LogP contribution in [-0.4, -0.2) is 22.0 Å². The number of halogens is 2. The number of nitrogens with zero attached hydrogens (tertiary/aromatic N) is 3. The Hall–Kier alpha value is -2.37. The first-order valence-electron chi connectivity index (χ1n) is 7.17. The molecule has 122 valence electrons. The number of benzene rings is 1. The first kappa shape index (κ1) is 16.5. The molecule has 5 nitrogen and oxygen atoms in total. The highest BCUT2D eigenvalue weighted by Crippen LogP contribution is 2.25. The fraction of sp³-hybridized carbons (Fsp3) is 0.118. The Kier molecular flexibility index (Phi) is 5.13. The van der Waals surface area contributed by atoms with Gasteiger partial charge in [-0.1, -0.05) is 29.3 Å². The molecule has 3 aromatic rings. The van der Waals surface area contributed by atoms with Crippen LogP contribution in [0.1, 0.15) is 5.56 Å². The largest absolute Gasteiger partial charge is 0.487 e. The molecule has 0 aliphatic heterocycles. The van der Waals surface area contributed by atoms with Crippen molar-refractivity contribution in [3.63, 3.8) is 0 Å². The molecule has 0 unspecified atom stereocenters. The molecule has 2 aromatic heterocycles. The maximum Gasteiger partial charge on any atom is 0.222 e. The summed E-state index contributed by atoms with van der Waals surface area (Å²) in [4.78, 5) is 12.6. The molecular weight excluding hydrogens is 347 g/mol. The second-order valence-corrected chi connectivity index (χ2v) is 5.82. The Bertz CT molecular complexity index is 840. The second kappa shape index (κ2) is 7.47. The zero-order valence-corrected chi connectivity index (χ0v) is 14.3. The van der Waals surface area contributed by atoms with Crippen LogP contribution in [0.25, 0.3) is 11.1 Å². The number of pyridine rings is 1. The molecule has 0 fully saturated rings. The van der Waals surface area contributed by atoms with Crippen molar-refractivity contribution in [2.75, 3.05) is 12.4 Å². The van der Waals surface area contributed by atoms with Crippen molar-refractivity contribution in [1.82, 2.24) is 15.0 Å². The molecule has 0 aliphatic carbocycles. The highest BCUT2D eigenvalue weighted by atomic mass is 35.5. The van der Waals surface area contributed by atoms with Crippen LogP contribution in [0.15, 0.2) is 49.1 Å². The van der Waals surface area contributed by atoms with Crippen LogP contribution in [0.3, 0.4) is 0 Å². The lowest BCUT2D eigenvalue weighted by molar-refractivity contribution is 0.305. The van der Waals surface area contributed by atoms with E-state index in [1.54, 1.807) is 44.0 Å². The lowest BCUT2D eigenvalue weighted by Crippen LogP contribution is -1.98. The summed E-state index contributed by atoms with van der Waals surface area (Å²) in [6, 6.07) is 7.19. The third kappa shape index (κ3) is 3.93. The van der Waals surface area contributed by atoms with Gasteiger partial charge in [-0.15, -0.1) is 0 Å². The summed E-state index contributed by atoms with van der Waals surface area (Å²) < 4.78 is 5.78. The lowest BCUT2D eigenvalue weighted by atomic mass is 10.1. The van der Waals surface area contributed by atoms with Crippen LogP contribution in [-0.2, 0) is 6.61 Å². The van der Waals surface area contributed by atoms with Crippen molar-refractivity contribution in [3.8, 4) is 16.9 Å². The number of aromatic nitrogens is 3. The van der Waals surface area contributed by atoms with E-state index < -0.39 is 0 Å². The summed E-state index contributed by atoms with van der Waals surface area (Å²) in [5.41, 5.74) is 2.59. The van der Waals surface area contributed by atoms with Crippen LogP contribution < -0.4 is 10.1 Å². The molecule has 1 N–H and O–H groups in total. The number of anilines is 1. The Morgan fingerprint density at radius 2 is 1.79 bits per heavy atom. The maximum absolute atomic E-state index is 6.15. The van der Waals surface area contributed by atoms with E-state index in [1.807, 2.05) is 12.1 Å². The topological polar surface area (TPSA) is 59.9 Å². The molecular formula is C17H14Cl2N4O. The van der Waals surface area contributed by atoms with Crippen LogP contribution >= 0.6 is 23.2 Å². The number of rotatable bonds is 5. The quantitative estimate of drug-likeness (QED) is 0.727. The van der Waals surface area contributed by atoms with Gasteiger partial charge in [0.1, 0.15) is 12.4 Å². The monoisotopic (exact) mass is 360 g/mol. The third-order valence-electron chi connectivity index (χ3n) is 3.33. The highest BCUT2D eigenvalue weighted by molar-refractivity contribution is 6.35. The minimum Gasteiger partial charge on any atom is -0.487 e. The summed E-state index contributed by atoms with van der Waals surface area (Å²) in [6.07, 6.45) is 6.85. The predicted molar refractivity (Wildman–Crippen MR) is 95.6 cm³/mol. The zero-order valence-electron chi connectivity index (χ0n) is 12.8. The summed E-state index contributed by atoms with van der Waals surface area (Å²) in [5, 5.41) is 4.05. The molecule has 0 aliphatic rings. The normalized spacial score (nSPS) is 10.5. The van der Waals surface area contributed by atoms with Gasteiger partial charge >= 0.3 is 0 Å². The van der Waals surface area contributed by atoms with Crippen molar-refractivity contribution in [2.24, 2.45) is 0 Å². The van der Waals surface area contributed by atoms with E-state index in [0.29, 0.717) is 28.3 Å². The first-order valence-corrected chi connectivity index (χ1v) is 7.93. The number of hydrogen-bond acceptors (Lipinski definition) is 5. The van der Waals surface area contributed by atoms with Gasteiger partial charge < -0.3 is 10.1 Å². The van der Waals surface area contributed by atoms with Crippen molar-refractivity contribution >= 4 is 29.2 Å². The molecule has 24 heavy (non-hydrogen) atoms. The maximum atomic E-state index is 6.15. The van der Waals surface area contributed by atoms with Crippen LogP contribution in [0.5, 0.6) is 5.75 Å². The van der Waals surface area contributed by atoms with E-state index in [4.69, 9.17) is 27.9 Å². The van der Waals surface area contributed by atoms with Crippen molar-refractivity contribution in [2.45, 2.75) is 6.61 Å². The molecule has 1 aromatic carbocycles. The molecule has 0 radical (unpaired) electrons. The number of ether oxygens (including phenoxy) is 1. The van der Waals surface area contributed by atoms with Gasteiger partial charge in [0, 0.05) is 52.4 Å². The average Bonchev–Trinajstić information content (AvgIpc) is 2.61. The van der Waals surface area contributed by atoms with Gasteiger partial charge in [-0.05, 0) is 18.2 Å². The highest BCUT2D eigenvalue weighted by Gasteiger charge is 2.05. The predicted octanol–water partition coefficient (Wildman–Crippen LogP) is 4.47. The van der Waals surface area contributed by atoms with Crippen LogP contribution in [0.4, 0.5) is 5.95 Å². The van der Waals surface area contributed by atoms with Crippen molar-refractivity contribution < 1.29 is 4.74 Å². The lowest BCUT2D eigenvalue weighted by Gasteiger charge is -2.09. The van der Waals surface area contributed by atoms with E-state index >= 15 is 0 Å². The van der Waals surface area contributed by atoms with E-state index in [-0.39, 0.29) is 0 Å². The number of nitrogens with one attached hydrogen (secondary N) is 1. The van der Waals surface area contributed by atoms with Gasteiger partial charge in [0.2, 0.25) is 5.95 Å². The minimum absolute atomic E-state index is 0.330. The average molecular weight is 361 g/mol. The molecule has 0 spiro atoms. The molecule has 2 heterocycles. The van der Waals surface area contributed by atoms with Gasteiger partial charge in [-0.25, -0.2) is 9.97 Å². The fourth-order valence-corrected chi connectivity index (χ4v) is 2.52. The third-order valence-corrected chi connectivity index (χ3v) is 3.92. The molecule has 0 saturated heterocycles. The molecule has 0 amide bonds. The summed E-state index contributed by atoms with van der Waals surface area (Å²) in [6.45, 7) is 0.330. The minimum atomic E-state index is 0.330.